The van der Waals surface area contributed by atoms with E-state index in [1.54, 1.807) is 16.7 Å². The topological polar surface area (TPSA) is 50.4 Å². The molecule has 170 valence electrons. The van der Waals surface area contributed by atoms with Crippen LogP contribution in [-0.4, -0.2) is 34.5 Å². The van der Waals surface area contributed by atoms with Gasteiger partial charge in [0, 0.05) is 49.4 Å². The van der Waals surface area contributed by atoms with Gasteiger partial charge >= 0.3 is 0 Å². The highest BCUT2D eigenvalue weighted by Crippen LogP contribution is 2.24. The molecule has 3 heterocycles. The van der Waals surface area contributed by atoms with Crippen molar-refractivity contribution in [3.05, 3.63) is 95.4 Å². The van der Waals surface area contributed by atoms with E-state index in [0.29, 0.717) is 22.4 Å². The number of furan rings is 1. The first-order valence-electron chi connectivity index (χ1n) is 11.1. The summed E-state index contributed by atoms with van der Waals surface area (Å²) in [6.07, 6.45) is 3.26. The van der Waals surface area contributed by atoms with Crippen LogP contribution in [0, 0.1) is 11.6 Å². The molecule has 0 bridgehead atoms. The Morgan fingerprint density at radius 3 is 2.55 bits per heavy atom. The number of amides is 1. The fourth-order valence-corrected chi connectivity index (χ4v) is 4.49. The lowest BCUT2D eigenvalue weighted by Crippen LogP contribution is -2.44. The number of fused-ring (bicyclic) bond motifs is 1. The number of hydrogen-bond acceptors (Lipinski definition) is 3. The van der Waals surface area contributed by atoms with Crippen LogP contribution in [0.25, 0.3) is 11.1 Å². The fraction of sp³-hybridized carbons (Fsp3) is 0.269. The number of benzene rings is 2. The molecule has 0 saturated carbocycles. The predicted octanol–water partition coefficient (Wildman–Crippen LogP) is 4.96. The molecule has 0 aliphatic carbocycles. The van der Waals surface area contributed by atoms with Gasteiger partial charge in [0.2, 0.25) is 0 Å². The minimum absolute atomic E-state index is 0.0710. The Balaban J connectivity index is 1.27. The molecule has 1 fully saturated rings. The second kappa shape index (κ2) is 9.19. The van der Waals surface area contributed by atoms with Crippen LogP contribution >= 0.6 is 0 Å². The average Bonchev–Trinajstić information content (AvgIpc) is 3.40. The van der Waals surface area contributed by atoms with Gasteiger partial charge in [-0.1, -0.05) is 36.4 Å². The molecular formula is C26H25F2N3O2. The number of aromatic nitrogens is 1. The number of nitrogens with zero attached hydrogens (tertiary/aromatic N) is 2. The monoisotopic (exact) mass is 449 g/mol. The third-order valence-corrected chi connectivity index (χ3v) is 6.27. The third kappa shape index (κ3) is 4.68. The normalized spacial score (nSPS) is 15.2. The molecule has 5 rings (SSSR count). The molecule has 0 spiro atoms. The number of likely N-dealkylation sites (tertiary alicyclic amines) is 1. The molecule has 1 aliphatic heterocycles. The van der Waals surface area contributed by atoms with Crippen LogP contribution in [0.3, 0.4) is 0 Å². The number of carbonyl (C=O) groups excluding carboxylic acids is 1. The molecule has 5 nitrogen and oxygen atoms in total. The second-order valence-corrected chi connectivity index (χ2v) is 8.53. The summed E-state index contributed by atoms with van der Waals surface area (Å²) in [5, 5.41) is 3.14. The molecule has 2 aromatic heterocycles. The van der Waals surface area contributed by atoms with Crippen molar-refractivity contribution in [2.75, 3.05) is 13.1 Å². The number of halogens is 2. The highest BCUT2D eigenvalue weighted by atomic mass is 19.1. The van der Waals surface area contributed by atoms with Gasteiger partial charge < -0.3 is 14.3 Å². The lowest BCUT2D eigenvalue weighted by molar-refractivity contribution is 0.0900. The molecule has 1 N–H and O–H groups in total. The van der Waals surface area contributed by atoms with Gasteiger partial charge in [-0.05, 0) is 24.5 Å². The Kier molecular flexibility index (Phi) is 5.96. The third-order valence-electron chi connectivity index (χ3n) is 6.27. The van der Waals surface area contributed by atoms with Gasteiger partial charge in [0.15, 0.2) is 5.58 Å². The van der Waals surface area contributed by atoms with E-state index in [1.165, 1.54) is 24.0 Å². The highest BCUT2D eigenvalue weighted by molar-refractivity contribution is 5.97. The van der Waals surface area contributed by atoms with Crippen LogP contribution < -0.4 is 5.32 Å². The standard InChI is InChI=1S/C26H25F2N3O2/c27-20-7-6-19(22(28)14-20)17-31-23-10-13-33-25(23)15-24(31)26(32)29-21-8-11-30(12-9-21)16-18-4-2-1-3-5-18/h1-7,10,13-15,21H,8-9,11-12,16-17H2,(H,29,32). The van der Waals surface area contributed by atoms with Gasteiger partial charge in [-0.15, -0.1) is 0 Å². The van der Waals surface area contributed by atoms with Crippen molar-refractivity contribution in [3.8, 4) is 0 Å². The van der Waals surface area contributed by atoms with E-state index in [9.17, 15) is 13.6 Å². The van der Waals surface area contributed by atoms with Gasteiger partial charge in [0.1, 0.15) is 17.3 Å². The lowest BCUT2D eigenvalue weighted by Gasteiger charge is -2.32. The van der Waals surface area contributed by atoms with Gasteiger partial charge in [-0.2, -0.15) is 0 Å². The summed E-state index contributed by atoms with van der Waals surface area (Å²) >= 11 is 0. The molecule has 1 amide bonds. The molecule has 1 aliphatic rings. The van der Waals surface area contributed by atoms with E-state index < -0.39 is 11.6 Å². The van der Waals surface area contributed by atoms with Gasteiger partial charge in [-0.25, -0.2) is 8.78 Å². The summed E-state index contributed by atoms with van der Waals surface area (Å²) < 4.78 is 34.8. The van der Waals surface area contributed by atoms with E-state index in [2.05, 4.69) is 22.3 Å². The van der Waals surface area contributed by atoms with Crippen molar-refractivity contribution in [2.45, 2.75) is 32.0 Å². The number of rotatable bonds is 6. The summed E-state index contributed by atoms with van der Waals surface area (Å²) in [7, 11) is 0. The molecule has 0 atom stereocenters. The maximum Gasteiger partial charge on any atom is 0.268 e. The van der Waals surface area contributed by atoms with Crippen molar-refractivity contribution in [3.63, 3.8) is 0 Å². The van der Waals surface area contributed by atoms with Gasteiger partial charge in [0.25, 0.3) is 5.91 Å². The van der Waals surface area contributed by atoms with Crippen LogP contribution in [0.15, 0.2) is 71.3 Å². The van der Waals surface area contributed by atoms with Crippen LogP contribution in [0.5, 0.6) is 0 Å². The first-order valence-corrected chi connectivity index (χ1v) is 11.1. The van der Waals surface area contributed by atoms with E-state index in [1.807, 2.05) is 18.2 Å². The minimum atomic E-state index is -0.641. The Labute approximate surface area is 190 Å². The van der Waals surface area contributed by atoms with E-state index in [0.717, 1.165) is 38.5 Å². The van der Waals surface area contributed by atoms with Crippen LogP contribution in [0.2, 0.25) is 0 Å². The molecule has 7 heteroatoms. The SMILES string of the molecule is O=C(NC1CCN(Cc2ccccc2)CC1)c1cc2occc2n1Cc1ccc(F)cc1F. The number of carbonyl (C=O) groups is 1. The first kappa shape index (κ1) is 21.4. The highest BCUT2D eigenvalue weighted by Gasteiger charge is 2.24. The minimum Gasteiger partial charge on any atom is -0.463 e. The maximum atomic E-state index is 14.3. The zero-order valence-corrected chi connectivity index (χ0v) is 18.1. The van der Waals surface area contributed by atoms with Crippen LogP contribution in [0.4, 0.5) is 8.78 Å². The van der Waals surface area contributed by atoms with Crippen LogP contribution in [-0.2, 0) is 13.1 Å². The Morgan fingerprint density at radius 2 is 1.79 bits per heavy atom. The van der Waals surface area contributed by atoms with Crippen molar-refractivity contribution >= 4 is 17.0 Å². The Hall–Kier alpha value is -3.45. The molecule has 1 saturated heterocycles. The second-order valence-electron chi connectivity index (χ2n) is 8.53. The first-order chi connectivity index (χ1) is 16.1. The van der Waals surface area contributed by atoms with Crippen molar-refractivity contribution in [2.24, 2.45) is 0 Å². The maximum absolute atomic E-state index is 14.3. The molecule has 0 radical (unpaired) electrons. The average molecular weight is 450 g/mol. The summed E-state index contributed by atoms with van der Waals surface area (Å²) in [6.45, 7) is 2.82. The summed E-state index contributed by atoms with van der Waals surface area (Å²) in [6, 6.07) is 17.3. The number of piperidine rings is 1. The van der Waals surface area contributed by atoms with Crippen molar-refractivity contribution in [1.29, 1.82) is 0 Å². The zero-order valence-electron chi connectivity index (χ0n) is 18.1. The van der Waals surface area contributed by atoms with E-state index in [-0.39, 0.29) is 18.5 Å². The van der Waals surface area contributed by atoms with Crippen molar-refractivity contribution < 1.29 is 18.0 Å². The van der Waals surface area contributed by atoms with Gasteiger partial charge in [0.05, 0.1) is 18.3 Å². The largest absolute Gasteiger partial charge is 0.463 e. The van der Waals surface area contributed by atoms with Crippen molar-refractivity contribution in [1.82, 2.24) is 14.8 Å². The van der Waals surface area contributed by atoms with Crippen LogP contribution in [0.1, 0.15) is 34.5 Å². The van der Waals surface area contributed by atoms with Gasteiger partial charge in [-0.3, -0.25) is 9.69 Å². The van der Waals surface area contributed by atoms with E-state index in [4.69, 9.17) is 4.42 Å². The molecular weight excluding hydrogens is 424 g/mol. The molecule has 2 aromatic carbocycles. The molecule has 0 unspecified atom stereocenters. The summed E-state index contributed by atoms with van der Waals surface area (Å²) in [5.74, 6) is -1.49. The number of hydrogen-bond donors (Lipinski definition) is 1. The number of nitrogens with one attached hydrogen (secondary N) is 1. The molecule has 33 heavy (non-hydrogen) atoms. The smallest absolute Gasteiger partial charge is 0.268 e. The zero-order chi connectivity index (χ0) is 22.8. The predicted molar refractivity (Wildman–Crippen MR) is 122 cm³/mol. The quantitative estimate of drug-likeness (QED) is 0.453. The summed E-state index contributed by atoms with van der Waals surface area (Å²) in [5.41, 5.74) is 3.24. The fourth-order valence-electron chi connectivity index (χ4n) is 4.49. The summed E-state index contributed by atoms with van der Waals surface area (Å²) in [4.78, 5) is 15.6. The van der Waals surface area contributed by atoms with E-state index >= 15 is 0 Å². The molecule has 4 aromatic rings. The Morgan fingerprint density at radius 1 is 1.00 bits per heavy atom. The lowest BCUT2D eigenvalue weighted by atomic mass is 10.0. The Bertz CT molecular complexity index is 1260.